The molecular weight excluding hydrogens is 338 g/mol. The first kappa shape index (κ1) is 15.5. The van der Waals surface area contributed by atoms with Crippen LogP contribution in [0.15, 0.2) is 34.6 Å². The zero-order chi connectivity index (χ0) is 16.6. The van der Waals surface area contributed by atoms with Gasteiger partial charge in [0.25, 0.3) is 11.5 Å². The maximum atomic E-state index is 12.4. The number of hydrogen-bond acceptors (Lipinski definition) is 5. The number of fused-ring (bicyclic) bond motifs is 1. The molecule has 3 aromatic rings. The van der Waals surface area contributed by atoms with Gasteiger partial charge in [-0.25, -0.2) is 4.98 Å². The van der Waals surface area contributed by atoms with E-state index in [2.05, 4.69) is 10.3 Å². The fourth-order valence-corrected chi connectivity index (χ4v) is 3.21. The zero-order valence-corrected chi connectivity index (χ0v) is 13.9. The van der Waals surface area contributed by atoms with Gasteiger partial charge in [-0.1, -0.05) is 11.6 Å². The van der Waals surface area contributed by atoms with Gasteiger partial charge in [0, 0.05) is 23.0 Å². The highest BCUT2D eigenvalue weighted by Crippen LogP contribution is 2.27. The number of rotatable bonds is 3. The van der Waals surface area contributed by atoms with Crippen molar-refractivity contribution in [2.24, 2.45) is 0 Å². The molecule has 1 amide bonds. The van der Waals surface area contributed by atoms with Crippen molar-refractivity contribution in [1.82, 2.24) is 9.38 Å². The van der Waals surface area contributed by atoms with Crippen molar-refractivity contribution in [1.29, 1.82) is 0 Å². The first-order chi connectivity index (χ1) is 11.0. The van der Waals surface area contributed by atoms with Gasteiger partial charge in [-0.15, -0.1) is 11.3 Å². The average Bonchev–Trinajstić information content (AvgIpc) is 2.90. The summed E-state index contributed by atoms with van der Waals surface area (Å²) in [5.41, 5.74) is 0.777. The molecular formula is C15H12ClN3O3S. The molecule has 2 aromatic heterocycles. The molecule has 0 fully saturated rings. The van der Waals surface area contributed by atoms with Crippen molar-refractivity contribution in [2.45, 2.75) is 6.92 Å². The van der Waals surface area contributed by atoms with Crippen molar-refractivity contribution in [3.8, 4) is 5.75 Å². The van der Waals surface area contributed by atoms with Crippen LogP contribution in [-0.4, -0.2) is 22.4 Å². The number of methoxy groups -OCH3 is 1. The number of hydrogen-bond donors (Lipinski definition) is 1. The van der Waals surface area contributed by atoms with Crippen molar-refractivity contribution in [2.75, 3.05) is 12.4 Å². The van der Waals surface area contributed by atoms with Crippen LogP contribution in [0, 0.1) is 6.92 Å². The number of nitrogens with one attached hydrogen (secondary N) is 1. The highest BCUT2D eigenvalue weighted by molar-refractivity contribution is 7.15. The van der Waals surface area contributed by atoms with E-state index in [1.165, 1.54) is 29.0 Å². The van der Waals surface area contributed by atoms with Crippen molar-refractivity contribution in [3.63, 3.8) is 0 Å². The van der Waals surface area contributed by atoms with E-state index in [1.807, 2.05) is 5.38 Å². The molecule has 0 aliphatic heterocycles. The molecule has 0 atom stereocenters. The summed E-state index contributed by atoms with van der Waals surface area (Å²) in [6, 6.07) is 4.83. The summed E-state index contributed by atoms with van der Waals surface area (Å²) in [6.07, 6.45) is 1.29. The number of thiazole rings is 1. The van der Waals surface area contributed by atoms with Gasteiger partial charge in [0.15, 0.2) is 4.96 Å². The summed E-state index contributed by atoms with van der Waals surface area (Å²) < 4.78 is 6.47. The van der Waals surface area contributed by atoms with Crippen LogP contribution in [0.3, 0.4) is 0 Å². The number of anilines is 1. The Hall–Kier alpha value is -2.38. The number of benzene rings is 1. The molecule has 0 bridgehead atoms. The lowest BCUT2D eigenvalue weighted by Gasteiger charge is -2.08. The molecule has 3 rings (SSSR count). The third-order valence-corrected chi connectivity index (χ3v) is 4.52. The predicted molar refractivity (Wildman–Crippen MR) is 90.0 cm³/mol. The molecule has 0 spiro atoms. The van der Waals surface area contributed by atoms with Gasteiger partial charge in [-0.3, -0.25) is 14.0 Å². The third-order valence-electron chi connectivity index (χ3n) is 3.27. The van der Waals surface area contributed by atoms with Gasteiger partial charge in [-0.2, -0.15) is 0 Å². The SMILES string of the molecule is COc1ccc(NC(=O)c2cnc3scc(C)n3c2=O)cc1Cl. The smallest absolute Gasteiger partial charge is 0.271 e. The quantitative estimate of drug-likeness (QED) is 0.789. The van der Waals surface area contributed by atoms with Gasteiger partial charge in [-0.05, 0) is 25.1 Å². The summed E-state index contributed by atoms with van der Waals surface area (Å²) in [4.78, 5) is 29.5. The van der Waals surface area contributed by atoms with Crippen molar-refractivity contribution in [3.05, 3.63) is 56.4 Å². The van der Waals surface area contributed by atoms with E-state index < -0.39 is 11.5 Å². The Morgan fingerprint density at radius 3 is 2.91 bits per heavy atom. The normalized spacial score (nSPS) is 10.7. The second-order valence-electron chi connectivity index (χ2n) is 4.78. The fourth-order valence-electron chi connectivity index (χ4n) is 2.12. The first-order valence-corrected chi connectivity index (χ1v) is 7.88. The number of aryl methyl sites for hydroxylation is 1. The van der Waals surface area contributed by atoms with Crippen LogP contribution in [0.4, 0.5) is 5.69 Å². The Bertz CT molecular complexity index is 964. The third kappa shape index (κ3) is 2.80. The standard InChI is InChI=1S/C15H12ClN3O3S/c1-8-7-23-15-17-6-10(14(21)19(8)15)13(20)18-9-3-4-12(22-2)11(16)5-9/h3-7H,1-2H3,(H,18,20). The molecule has 6 nitrogen and oxygen atoms in total. The van der Waals surface area contributed by atoms with Gasteiger partial charge in [0.05, 0.1) is 12.1 Å². The number of carbonyl (C=O) groups is 1. The fraction of sp³-hybridized carbons (Fsp3) is 0.133. The minimum Gasteiger partial charge on any atom is -0.495 e. The molecule has 1 N–H and O–H groups in total. The van der Waals surface area contributed by atoms with Crippen LogP contribution >= 0.6 is 22.9 Å². The van der Waals surface area contributed by atoms with Crippen LogP contribution in [-0.2, 0) is 0 Å². The van der Waals surface area contributed by atoms with Crippen LogP contribution in [0.5, 0.6) is 5.75 Å². The second kappa shape index (κ2) is 6.02. The Morgan fingerprint density at radius 1 is 1.43 bits per heavy atom. The predicted octanol–water partition coefficient (Wildman–Crippen LogP) is 2.98. The largest absolute Gasteiger partial charge is 0.495 e. The number of amides is 1. The topological polar surface area (TPSA) is 72.7 Å². The summed E-state index contributed by atoms with van der Waals surface area (Å²) in [6.45, 7) is 1.79. The molecule has 0 aliphatic carbocycles. The molecule has 2 heterocycles. The van der Waals surface area contributed by atoms with Crippen molar-refractivity contribution < 1.29 is 9.53 Å². The molecule has 8 heteroatoms. The summed E-state index contributed by atoms with van der Waals surface area (Å²) in [5, 5.41) is 4.82. The minimum absolute atomic E-state index is 0.0315. The number of carbonyl (C=O) groups excluding carboxylic acids is 1. The van der Waals surface area contributed by atoms with E-state index in [0.717, 1.165) is 5.69 Å². The van der Waals surface area contributed by atoms with E-state index in [9.17, 15) is 9.59 Å². The van der Waals surface area contributed by atoms with E-state index in [4.69, 9.17) is 16.3 Å². The molecule has 23 heavy (non-hydrogen) atoms. The van der Waals surface area contributed by atoms with E-state index >= 15 is 0 Å². The first-order valence-electron chi connectivity index (χ1n) is 6.62. The Labute approximate surface area is 140 Å². The summed E-state index contributed by atoms with van der Waals surface area (Å²) in [5.74, 6) is -0.0366. The molecule has 0 aliphatic rings. The number of nitrogens with zero attached hydrogens (tertiary/aromatic N) is 2. The van der Waals surface area contributed by atoms with Gasteiger partial charge in [0.1, 0.15) is 11.3 Å². The lowest BCUT2D eigenvalue weighted by Crippen LogP contribution is -2.26. The van der Waals surface area contributed by atoms with Gasteiger partial charge in [0.2, 0.25) is 0 Å². The number of ether oxygens (including phenoxy) is 1. The Balaban J connectivity index is 1.95. The molecule has 1 aromatic carbocycles. The maximum Gasteiger partial charge on any atom is 0.271 e. The van der Waals surface area contributed by atoms with Gasteiger partial charge >= 0.3 is 0 Å². The highest BCUT2D eigenvalue weighted by Gasteiger charge is 2.15. The highest BCUT2D eigenvalue weighted by atomic mass is 35.5. The van der Waals surface area contributed by atoms with Crippen molar-refractivity contribution >= 4 is 39.5 Å². The lowest BCUT2D eigenvalue weighted by molar-refractivity contribution is 0.102. The molecule has 0 saturated carbocycles. The monoisotopic (exact) mass is 349 g/mol. The minimum atomic E-state index is -0.538. The van der Waals surface area contributed by atoms with Crippen LogP contribution in [0.2, 0.25) is 5.02 Å². The van der Waals surface area contributed by atoms with Crippen LogP contribution in [0.25, 0.3) is 4.96 Å². The van der Waals surface area contributed by atoms with E-state index in [-0.39, 0.29) is 5.56 Å². The molecule has 0 radical (unpaired) electrons. The molecule has 118 valence electrons. The van der Waals surface area contributed by atoms with E-state index in [0.29, 0.717) is 21.4 Å². The number of aromatic nitrogens is 2. The van der Waals surface area contributed by atoms with Crippen LogP contribution < -0.4 is 15.6 Å². The molecule has 0 saturated heterocycles. The summed E-state index contributed by atoms with van der Waals surface area (Å²) >= 11 is 7.37. The second-order valence-corrected chi connectivity index (χ2v) is 6.02. The zero-order valence-electron chi connectivity index (χ0n) is 12.3. The molecule has 0 unspecified atom stereocenters. The summed E-state index contributed by atoms with van der Waals surface area (Å²) in [7, 11) is 1.50. The lowest BCUT2D eigenvalue weighted by atomic mass is 10.2. The Morgan fingerprint density at radius 2 is 2.22 bits per heavy atom. The maximum absolute atomic E-state index is 12.4. The average molecular weight is 350 g/mol. The van der Waals surface area contributed by atoms with Gasteiger partial charge < -0.3 is 10.1 Å². The van der Waals surface area contributed by atoms with Crippen LogP contribution in [0.1, 0.15) is 16.1 Å². The number of halogens is 1. The Kier molecular flexibility index (Phi) is 4.06. The van der Waals surface area contributed by atoms with E-state index in [1.54, 1.807) is 25.1 Å².